The van der Waals surface area contributed by atoms with Gasteiger partial charge < -0.3 is 24.3 Å². The molecular weight excluding hydrogens is 442 g/mol. The molecule has 3 aromatic heterocycles. The van der Waals surface area contributed by atoms with Gasteiger partial charge in [-0.1, -0.05) is 0 Å². The third-order valence-electron chi connectivity index (χ3n) is 6.13. The second-order valence-corrected chi connectivity index (χ2v) is 8.41. The number of carboxylic acids is 1. The summed E-state index contributed by atoms with van der Waals surface area (Å²) in [6.45, 7) is 8.54. The van der Waals surface area contributed by atoms with Gasteiger partial charge in [-0.05, 0) is 55.8 Å². The summed E-state index contributed by atoms with van der Waals surface area (Å²) in [4.78, 5) is 27.8. The largest absolute Gasteiger partial charge is 0.476 e. The summed E-state index contributed by atoms with van der Waals surface area (Å²) in [7, 11) is 2.17. The maximum atomic E-state index is 11.2. The van der Waals surface area contributed by atoms with E-state index in [2.05, 4.69) is 57.8 Å². The van der Waals surface area contributed by atoms with Gasteiger partial charge in [0.25, 0.3) is 0 Å². The lowest BCUT2D eigenvalue weighted by atomic mass is 9.98. The molecule has 1 aliphatic heterocycles. The minimum absolute atomic E-state index is 0. The quantitative estimate of drug-likeness (QED) is 0.459. The Labute approximate surface area is 197 Å². The van der Waals surface area contributed by atoms with Crippen LogP contribution in [0.5, 0.6) is 0 Å². The molecule has 1 aromatic carbocycles. The summed E-state index contributed by atoms with van der Waals surface area (Å²) >= 11 is 0. The standard InChI is InChI=1S/C24H25N5O3.ClH/c1-14-8-16(9-15(2)21(14)29-6-4-28(3)5-7-29)17-10-18-19(12-26-22(18)25-11-17)23-27-20(13-32-23)24(30)31;/h8-13H,4-7H2,1-3H3,(H,25,26)(H,30,31);1H. The number of hydrogen-bond donors (Lipinski definition) is 2. The maximum absolute atomic E-state index is 11.2. The van der Waals surface area contributed by atoms with E-state index in [0.717, 1.165) is 49.0 Å². The number of aromatic nitrogens is 3. The highest BCUT2D eigenvalue weighted by Crippen LogP contribution is 2.34. The van der Waals surface area contributed by atoms with Crippen molar-refractivity contribution in [2.45, 2.75) is 13.8 Å². The van der Waals surface area contributed by atoms with Gasteiger partial charge in [0.05, 0.1) is 5.56 Å². The number of oxazole rings is 1. The van der Waals surface area contributed by atoms with Gasteiger partial charge in [0.2, 0.25) is 5.89 Å². The Kier molecular flexibility index (Phi) is 6.14. The monoisotopic (exact) mass is 467 g/mol. The number of H-pyrrole nitrogens is 1. The zero-order chi connectivity index (χ0) is 22.4. The molecule has 33 heavy (non-hydrogen) atoms. The van der Waals surface area contributed by atoms with E-state index in [1.807, 2.05) is 12.3 Å². The zero-order valence-corrected chi connectivity index (χ0v) is 19.6. The molecule has 0 amide bonds. The minimum Gasteiger partial charge on any atom is -0.476 e. The summed E-state index contributed by atoms with van der Waals surface area (Å²) in [5, 5.41) is 9.97. The number of aromatic amines is 1. The van der Waals surface area contributed by atoms with Crippen molar-refractivity contribution < 1.29 is 14.3 Å². The number of hydrogen-bond acceptors (Lipinski definition) is 6. The fraction of sp³-hybridized carbons (Fsp3) is 0.292. The van der Waals surface area contributed by atoms with E-state index >= 15 is 0 Å². The van der Waals surface area contributed by atoms with Crippen LogP contribution in [0.2, 0.25) is 0 Å². The summed E-state index contributed by atoms with van der Waals surface area (Å²) in [6, 6.07) is 6.47. The van der Waals surface area contributed by atoms with Gasteiger partial charge in [-0.3, -0.25) is 0 Å². The average Bonchev–Trinajstić information content (AvgIpc) is 3.41. The first-order chi connectivity index (χ1) is 15.4. The number of likely N-dealkylation sites (N-methyl/N-ethyl adjacent to an activating group) is 1. The van der Waals surface area contributed by atoms with Gasteiger partial charge in [-0.2, -0.15) is 0 Å². The van der Waals surface area contributed by atoms with E-state index in [1.54, 1.807) is 6.20 Å². The summed E-state index contributed by atoms with van der Waals surface area (Å²) in [5.41, 5.74) is 7.15. The van der Waals surface area contributed by atoms with Crippen molar-refractivity contribution in [1.82, 2.24) is 19.9 Å². The van der Waals surface area contributed by atoms with E-state index in [1.165, 1.54) is 16.8 Å². The summed E-state index contributed by atoms with van der Waals surface area (Å²) < 4.78 is 5.40. The van der Waals surface area contributed by atoms with Crippen LogP contribution in [-0.2, 0) is 0 Å². The predicted molar refractivity (Wildman–Crippen MR) is 130 cm³/mol. The molecule has 0 aliphatic carbocycles. The number of benzene rings is 1. The van der Waals surface area contributed by atoms with E-state index in [4.69, 9.17) is 9.52 Å². The SMILES string of the molecule is Cc1cc(-c2cnc3[nH]cc(-c4nc(C(=O)O)co4)c3c2)cc(C)c1N1CCN(C)CC1.Cl. The van der Waals surface area contributed by atoms with Crippen LogP contribution in [-0.4, -0.2) is 64.2 Å². The average molecular weight is 468 g/mol. The van der Waals surface area contributed by atoms with Gasteiger partial charge in [-0.15, -0.1) is 12.4 Å². The third kappa shape index (κ3) is 4.19. The molecule has 4 heterocycles. The second-order valence-electron chi connectivity index (χ2n) is 8.41. The maximum Gasteiger partial charge on any atom is 0.357 e. The number of pyridine rings is 1. The lowest BCUT2D eigenvalue weighted by Gasteiger charge is -2.36. The Bertz CT molecular complexity index is 1300. The lowest BCUT2D eigenvalue weighted by molar-refractivity contribution is 0.0690. The van der Waals surface area contributed by atoms with Crippen molar-refractivity contribution in [3.8, 4) is 22.6 Å². The number of carbonyl (C=O) groups is 1. The molecule has 1 fully saturated rings. The first-order valence-electron chi connectivity index (χ1n) is 10.6. The fourth-order valence-corrected chi connectivity index (χ4v) is 4.49. The molecule has 172 valence electrons. The number of anilines is 1. The highest BCUT2D eigenvalue weighted by atomic mass is 35.5. The third-order valence-corrected chi connectivity index (χ3v) is 6.13. The Morgan fingerprint density at radius 3 is 2.42 bits per heavy atom. The first kappa shape index (κ1) is 22.8. The molecule has 0 radical (unpaired) electrons. The number of rotatable bonds is 4. The van der Waals surface area contributed by atoms with E-state index in [0.29, 0.717) is 11.2 Å². The topological polar surface area (TPSA) is 98.5 Å². The molecule has 0 atom stereocenters. The van der Waals surface area contributed by atoms with Crippen molar-refractivity contribution >= 4 is 35.1 Å². The molecule has 1 saturated heterocycles. The van der Waals surface area contributed by atoms with E-state index in [9.17, 15) is 4.79 Å². The highest BCUT2D eigenvalue weighted by molar-refractivity contribution is 5.94. The Morgan fingerprint density at radius 2 is 1.79 bits per heavy atom. The van der Waals surface area contributed by atoms with E-state index in [-0.39, 0.29) is 24.0 Å². The van der Waals surface area contributed by atoms with Crippen LogP contribution in [0.1, 0.15) is 21.6 Å². The second kappa shape index (κ2) is 8.88. The Balaban J connectivity index is 0.00000259. The molecule has 4 aromatic rings. The van der Waals surface area contributed by atoms with Crippen LogP contribution >= 0.6 is 12.4 Å². The zero-order valence-electron chi connectivity index (χ0n) is 18.8. The van der Waals surface area contributed by atoms with Crippen molar-refractivity contribution in [2.75, 3.05) is 38.1 Å². The number of aromatic carboxylic acids is 1. The van der Waals surface area contributed by atoms with Crippen LogP contribution < -0.4 is 4.90 Å². The van der Waals surface area contributed by atoms with Gasteiger partial charge in [0.15, 0.2) is 5.69 Å². The Hall–Kier alpha value is -3.36. The fourth-order valence-electron chi connectivity index (χ4n) is 4.49. The van der Waals surface area contributed by atoms with Crippen LogP contribution in [0, 0.1) is 13.8 Å². The Morgan fingerprint density at radius 1 is 1.09 bits per heavy atom. The minimum atomic E-state index is -1.12. The van der Waals surface area contributed by atoms with Crippen molar-refractivity contribution in [1.29, 1.82) is 0 Å². The number of nitrogens with one attached hydrogen (secondary N) is 1. The van der Waals surface area contributed by atoms with Gasteiger partial charge in [-0.25, -0.2) is 14.8 Å². The van der Waals surface area contributed by atoms with Crippen molar-refractivity contribution in [3.63, 3.8) is 0 Å². The van der Waals surface area contributed by atoms with Gasteiger partial charge in [0.1, 0.15) is 11.9 Å². The smallest absolute Gasteiger partial charge is 0.357 e. The van der Waals surface area contributed by atoms with E-state index < -0.39 is 5.97 Å². The molecule has 0 spiro atoms. The molecule has 8 nitrogen and oxygen atoms in total. The molecule has 0 unspecified atom stereocenters. The molecular formula is C24H26ClN5O3. The number of aryl methyl sites for hydroxylation is 2. The normalized spacial score (nSPS) is 14.5. The number of fused-ring (bicyclic) bond motifs is 1. The summed E-state index contributed by atoms with van der Waals surface area (Å²) in [6.07, 6.45) is 4.74. The van der Waals surface area contributed by atoms with Gasteiger partial charge in [0, 0.05) is 55.2 Å². The lowest BCUT2D eigenvalue weighted by Crippen LogP contribution is -2.45. The molecule has 1 aliphatic rings. The number of carboxylic acid groups (broad SMARTS) is 1. The van der Waals surface area contributed by atoms with Crippen molar-refractivity contribution in [2.24, 2.45) is 0 Å². The highest BCUT2D eigenvalue weighted by Gasteiger charge is 2.20. The first-order valence-corrected chi connectivity index (χ1v) is 10.6. The molecule has 9 heteroatoms. The molecule has 0 saturated carbocycles. The van der Waals surface area contributed by atoms with Crippen molar-refractivity contribution in [3.05, 3.63) is 53.7 Å². The molecule has 5 rings (SSSR count). The van der Waals surface area contributed by atoms with Crippen LogP contribution in [0.3, 0.4) is 0 Å². The number of piperazine rings is 1. The van der Waals surface area contributed by atoms with Crippen LogP contribution in [0.25, 0.3) is 33.6 Å². The molecule has 2 N–H and O–H groups in total. The number of nitrogens with zero attached hydrogens (tertiary/aromatic N) is 4. The molecule has 0 bridgehead atoms. The predicted octanol–water partition coefficient (Wildman–Crippen LogP) is 4.37. The van der Waals surface area contributed by atoms with Crippen LogP contribution in [0.15, 0.2) is 41.3 Å². The van der Waals surface area contributed by atoms with Gasteiger partial charge >= 0.3 is 5.97 Å². The summed E-state index contributed by atoms with van der Waals surface area (Å²) in [5.74, 6) is -0.865. The van der Waals surface area contributed by atoms with Crippen LogP contribution in [0.4, 0.5) is 5.69 Å². The number of halogens is 1.